The number of aryl methyl sites for hydroxylation is 2. The van der Waals surface area contributed by atoms with Gasteiger partial charge in [-0.05, 0) is 87.4 Å². The number of hydrogen-bond donors (Lipinski definition) is 2. The van der Waals surface area contributed by atoms with Gasteiger partial charge in [0.1, 0.15) is 0 Å². The predicted molar refractivity (Wildman–Crippen MR) is 138 cm³/mol. The van der Waals surface area contributed by atoms with Crippen LogP contribution >= 0.6 is 23.2 Å². The molecule has 3 N–H and O–H groups in total. The maximum absolute atomic E-state index is 13.3. The van der Waals surface area contributed by atoms with Gasteiger partial charge in [-0.1, -0.05) is 47.5 Å². The van der Waals surface area contributed by atoms with E-state index in [0.717, 1.165) is 82.3 Å². The molecule has 180 valence electrons. The number of hydrogen-bond acceptors (Lipinski definition) is 4. The molecule has 1 heterocycles. The summed E-state index contributed by atoms with van der Waals surface area (Å²) in [5.41, 5.74) is 8.69. The third-order valence-corrected chi connectivity index (χ3v) is 7.14. The number of piperidine rings is 1. The van der Waals surface area contributed by atoms with Crippen LogP contribution in [0.2, 0.25) is 10.0 Å². The Morgan fingerprint density at radius 3 is 2.52 bits per heavy atom. The molecule has 33 heavy (non-hydrogen) atoms. The first kappa shape index (κ1) is 26.0. The number of nitrogens with zero attached hydrogens (tertiary/aromatic N) is 2. The average Bonchev–Trinajstić information content (AvgIpc) is 2.84. The van der Waals surface area contributed by atoms with Gasteiger partial charge in [-0.15, -0.1) is 0 Å². The van der Waals surface area contributed by atoms with Crippen LogP contribution in [0.25, 0.3) is 0 Å². The van der Waals surface area contributed by atoms with Crippen LogP contribution in [0.4, 0.5) is 0 Å². The van der Waals surface area contributed by atoms with Crippen LogP contribution in [-0.2, 0) is 12.8 Å². The van der Waals surface area contributed by atoms with Crippen molar-refractivity contribution in [3.05, 3.63) is 69.2 Å². The molecule has 1 aliphatic rings. The van der Waals surface area contributed by atoms with E-state index in [1.54, 1.807) is 0 Å². The monoisotopic (exact) mass is 490 g/mol. The van der Waals surface area contributed by atoms with E-state index < -0.39 is 0 Å². The Hall–Kier alpha value is -1.63. The Kier molecular flexibility index (Phi) is 10.5. The summed E-state index contributed by atoms with van der Waals surface area (Å²) in [7, 11) is 1.89. The van der Waals surface area contributed by atoms with Gasteiger partial charge in [-0.2, -0.15) is 0 Å². The average molecular weight is 492 g/mol. The summed E-state index contributed by atoms with van der Waals surface area (Å²) in [6.07, 6.45) is 6.94. The number of unbranched alkanes of at least 4 members (excludes halogenated alkanes) is 1. The largest absolute Gasteiger partial charge is 0.330 e. The zero-order valence-electron chi connectivity index (χ0n) is 19.5. The lowest BCUT2D eigenvalue weighted by Crippen LogP contribution is -2.51. The normalized spacial score (nSPS) is 15.0. The number of hydrazine groups is 1. The molecule has 0 spiro atoms. The SMILES string of the molecule is CN(C(=O)c1ccccc1CCCCc1ccc(Cl)c(Cl)c1)N1CCC(NCCCN)CC1. The summed E-state index contributed by atoms with van der Waals surface area (Å²) >= 11 is 12.1. The Morgan fingerprint density at radius 1 is 1.06 bits per heavy atom. The van der Waals surface area contributed by atoms with Crippen molar-refractivity contribution in [1.82, 2.24) is 15.3 Å². The van der Waals surface area contributed by atoms with Crippen molar-refractivity contribution in [3.63, 3.8) is 0 Å². The van der Waals surface area contributed by atoms with Gasteiger partial charge in [-0.25, -0.2) is 5.01 Å². The first-order valence-corrected chi connectivity index (χ1v) is 12.7. The van der Waals surface area contributed by atoms with Crippen molar-refractivity contribution in [2.75, 3.05) is 33.2 Å². The molecule has 0 unspecified atom stereocenters. The molecule has 7 heteroatoms. The molecule has 0 aliphatic carbocycles. The Morgan fingerprint density at radius 2 is 1.79 bits per heavy atom. The van der Waals surface area contributed by atoms with Gasteiger partial charge in [0.2, 0.25) is 0 Å². The number of nitrogens with one attached hydrogen (secondary N) is 1. The van der Waals surface area contributed by atoms with Crippen molar-refractivity contribution >= 4 is 29.1 Å². The minimum absolute atomic E-state index is 0.0737. The van der Waals surface area contributed by atoms with E-state index in [4.69, 9.17) is 28.9 Å². The Labute approximate surface area is 208 Å². The summed E-state index contributed by atoms with van der Waals surface area (Å²) in [6.45, 7) is 3.45. The van der Waals surface area contributed by atoms with E-state index in [1.807, 2.05) is 48.5 Å². The summed E-state index contributed by atoms with van der Waals surface area (Å²) in [6, 6.07) is 14.3. The van der Waals surface area contributed by atoms with E-state index in [2.05, 4.69) is 16.4 Å². The lowest BCUT2D eigenvalue weighted by Gasteiger charge is -2.38. The molecule has 1 saturated heterocycles. The van der Waals surface area contributed by atoms with Crippen LogP contribution in [0.3, 0.4) is 0 Å². The number of benzene rings is 2. The van der Waals surface area contributed by atoms with Crippen LogP contribution in [0, 0.1) is 0 Å². The Bertz CT molecular complexity index is 900. The van der Waals surface area contributed by atoms with Gasteiger partial charge in [0, 0.05) is 31.7 Å². The van der Waals surface area contributed by atoms with Crippen LogP contribution in [0.1, 0.15) is 53.6 Å². The molecule has 0 bridgehead atoms. The molecule has 2 aromatic carbocycles. The molecule has 1 aliphatic heterocycles. The topological polar surface area (TPSA) is 61.6 Å². The highest BCUT2D eigenvalue weighted by Crippen LogP contribution is 2.24. The summed E-state index contributed by atoms with van der Waals surface area (Å²) < 4.78 is 0. The zero-order chi connectivity index (χ0) is 23.6. The molecule has 3 rings (SSSR count). The maximum Gasteiger partial charge on any atom is 0.268 e. The molecular weight excluding hydrogens is 455 g/mol. The minimum Gasteiger partial charge on any atom is -0.330 e. The first-order valence-electron chi connectivity index (χ1n) is 12.0. The first-order chi connectivity index (χ1) is 16.0. The summed E-state index contributed by atoms with van der Waals surface area (Å²) in [5.74, 6) is 0.0737. The molecule has 0 aromatic heterocycles. The highest BCUT2D eigenvalue weighted by Gasteiger charge is 2.25. The smallest absolute Gasteiger partial charge is 0.268 e. The molecule has 5 nitrogen and oxygen atoms in total. The molecular formula is C26H36Cl2N4O. The second kappa shape index (κ2) is 13.3. The predicted octanol–water partition coefficient (Wildman–Crippen LogP) is 4.95. The van der Waals surface area contributed by atoms with Crippen LogP contribution < -0.4 is 11.1 Å². The molecule has 0 radical (unpaired) electrons. The molecule has 2 aromatic rings. The quantitative estimate of drug-likeness (QED) is 0.437. The van der Waals surface area contributed by atoms with Crippen molar-refractivity contribution in [1.29, 1.82) is 0 Å². The van der Waals surface area contributed by atoms with Crippen molar-refractivity contribution in [3.8, 4) is 0 Å². The van der Waals surface area contributed by atoms with Gasteiger partial charge < -0.3 is 11.1 Å². The molecule has 0 atom stereocenters. The minimum atomic E-state index is 0.0737. The number of amides is 1. The number of nitrogens with two attached hydrogens (primary N) is 1. The second-order valence-corrected chi connectivity index (χ2v) is 9.58. The molecule has 0 saturated carbocycles. The fourth-order valence-electron chi connectivity index (χ4n) is 4.37. The van der Waals surface area contributed by atoms with Crippen LogP contribution in [0.5, 0.6) is 0 Å². The standard InChI is InChI=1S/C26H36Cl2N4O/c1-31(32-17-13-22(14-18-32)30-16-6-15-29)26(33)23-10-5-4-9-21(23)8-3-2-7-20-11-12-24(27)25(28)19-20/h4-5,9-12,19,22,30H,2-3,6-8,13-18,29H2,1H3. The van der Waals surface area contributed by atoms with E-state index >= 15 is 0 Å². The van der Waals surface area contributed by atoms with Crippen LogP contribution in [-0.4, -0.2) is 55.2 Å². The van der Waals surface area contributed by atoms with E-state index in [1.165, 1.54) is 5.56 Å². The third-order valence-electron chi connectivity index (χ3n) is 6.40. The van der Waals surface area contributed by atoms with Crippen molar-refractivity contribution in [2.45, 2.75) is 51.0 Å². The van der Waals surface area contributed by atoms with Crippen LogP contribution in [0.15, 0.2) is 42.5 Å². The number of halogens is 2. The summed E-state index contributed by atoms with van der Waals surface area (Å²) in [5, 5.41) is 8.74. The molecule has 1 amide bonds. The lowest BCUT2D eigenvalue weighted by molar-refractivity contribution is -0.0100. The van der Waals surface area contributed by atoms with Gasteiger partial charge in [0.05, 0.1) is 10.0 Å². The van der Waals surface area contributed by atoms with E-state index in [-0.39, 0.29) is 5.91 Å². The van der Waals surface area contributed by atoms with E-state index in [0.29, 0.717) is 16.1 Å². The maximum atomic E-state index is 13.3. The third kappa shape index (κ3) is 7.69. The zero-order valence-corrected chi connectivity index (χ0v) is 21.0. The highest BCUT2D eigenvalue weighted by atomic mass is 35.5. The number of rotatable bonds is 11. The summed E-state index contributed by atoms with van der Waals surface area (Å²) in [4.78, 5) is 13.3. The van der Waals surface area contributed by atoms with Gasteiger partial charge >= 0.3 is 0 Å². The van der Waals surface area contributed by atoms with Crippen molar-refractivity contribution in [2.24, 2.45) is 5.73 Å². The number of carbonyl (C=O) groups excluding carboxylic acids is 1. The molecule has 1 fully saturated rings. The Balaban J connectivity index is 1.50. The van der Waals surface area contributed by atoms with Crippen molar-refractivity contribution < 1.29 is 4.79 Å². The van der Waals surface area contributed by atoms with Gasteiger partial charge in [-0.3, -0.25) is 9.80 Å². The van der Waals surface area contributed by atoms with Gasteiger partial charge in [0.25, 0.3) is 5.91 Å². The highest BCUT2D eigenvalue weighted by molar-refractivity contribution is 6.42. The fraction of sp³-hybridized carbons (Fsp3) is 0.500. The fourth-order valence-corrected chi connectivity index (χ4v) is 4.69. The second-order valence-electron chi connectivity index (χ2n) is 8.77. The van der Waals surface area contributed by atoms with Gasteiger partial charge in [0.15, 0.2) is 0 Å². The van der Waals surface area contributed by atoms with E-state index in [9.17, 15) is 4.79 Å². The number of carbonyl (C=O) groups is 1. The lowest BCUT2D eigenvalue weighted by atomic mass is 9.99.